The van der Waals surface area contributed by atoms with Gasteiger partial charge in [0.2, 0.25) is 0 Å². The highest BCUT2D eigenvalue weighted by Crippen LogP contribution is 2.58. The fourth-order valence-electron chi connectivity index (χ4n) is 3.95. The lowest BCUT2D eigenvalue weighted by Crippen LogP contribution is -2.35. The summed E-state index contributed by atoms with van der Waals surface area (Å²) >= 11 is 0. The van der Waals surface area contributed by atoms with Gasteiger partial charge in [-0.05, 0) is 30.0 Å². The van der Waals surface area contributed by atoms with Crippen molar-refractivity contribution >= 4 is 17.4 Å². The van der Waals surface area contributed by atoms with Crippen LogP contribution in [0.5, 0.6) is 0 Å². The van der Waals surface area contributed by atoms with Gasteiger partial charge in [-0.2, -0.15) is 0 Å². The molecule has 0 unspecified atom stereocenters. The Balaban J connectivity index is 1.82. The lowest BCUT2D eigenvalue weighted by molar-refractivity contribution is -0.122. The predicted molar refractivity (Wildman–Crippen MR) is 91.2 cm³/mol. The first kappa shape index (κ1) is 15.1. The molecule has 2 aromatic rings. The molecule has 2 aliphatic rings. The molecule has 0 saturated heterocycles. The molecule has 0 aromatic heterocycles. The fraction of sp³-hybridized carbons (Fsp3) is 0.300. The monoisotopic (exact) mass is 321 g/mol. The van der Waals surface area contributed by atoms with Crippen LogP contribution in [0.2, 0.25) is 0 Å². The van der Waals surface area contributed by atoms with Gasteiger partial charge in [0.05, 0.1) is 11.1 Å². The normalized spacial score (nSPS) is 24.8. The molecule has 1 saturated carbocycles. The predicted octanol–water partition coefficient (Wildman–Crippen LogP) is 2.82. The Morgan fingerprint density at radius 3 is 2.62 bits per heavy atom. The van der Waals surface area contributed by atoms with Gasteiger partial charge in [-0.15, -0.1) is 0 Å². The molecule has 122 valence electrons. The van der Waals surface area contributed by atoms with E-state index in [4.69, 9.17) is 4.74 Å². The third kappa shape index (κ3) is 2.10. The van der Waals surface area contributed by atoms with Gasteiger partial charge >= 0.3 is 0 Å². The second kappa shape index (κ2) is 5.56. The van der Waals surface area contributed by atoms with Crippen LogP contribution in [0.1, 0.15) is 22.3 Å². The summed E-state index contributed by atoms with van der Waals surface area (Å²) in [6.07, 6.45) is 0.793. The lowest BCUT2D eigenvalue weighted by atomic mass is 9.85. The quantitative estimate of drug-likeness (QED) is 0.873. The average Bonchev–Trinajstić information content (AvgIpc) is 3.36. The number of carbonyl (C=O) groups is 2. The van der Waals surface area contributed by atoms with Crippen molar-refractivity contribution < 1.29 is 14.3 Å². The van der Waals surface area contributed by atoms with Crippen molar-refractivity contribution in [3.63, 3.8) is 0 Å². The second-order valence-electron chi connectivity index (χ2n) is 6.52. The van der Waals surface area contributed by atoms with E-state index in [1.165, 1.54) is 7.11 Å². The van der Waals surface area contributed by atoms with Crippen molar-refractivity contribution in [1.82, 2.24) is 0 Å². The number of Topliss-reactive ketones (excluding diaryl/α,β-unsaturated/α-hetero) is 1. The Kier molecular flexibility index (Phi) is 3.50. The molecule has 1 fully saturated rings. The van der Waals surface area contributed by atoms with Gasteiger partial charge in [0, 0.05) is 19.2 Å². The topological polar surface area (TPSA) is 46.6 Å². The second-order valence-corrected chi connectivity index (χ2v) is 6.52. The standard InChI is InChI=1S/C20H19NO3/c1-24-13-18(22)21-12-15-11-20(15,14-7-3-2-4-8-14)19(23)16-9-5-6-10-17(16)21/h2-10,15H,11-13H2,1H3/t15-,20+/m0/s1. The van der Waals surface area contributed by atoms with Crippen LogP contribution < -0.4 is 4.90 Å². The Labute approximate surface area is 141 Å². The molecular weight excluding hydrogens is 302 g/mol. The highest BCUT2D eigenvalue weighted by molar-refractivity contribution is 6.13. The summed E-state index contributed by atoms with van der Waals surface area (Å²) in [5.41, 5.74) is 1.90. The van der Waals surface area contributed by atoms with E-state index in [1.54, 1.807) is 4.90 Å². The molecule has 0 spiro atoms. The minimum Gasteiger partial charge on any atom is -0.375 e. The smallest absolute Gasteiger partial charge is 0.252 e. The van der Waals surface area contributed by atoms with Gasteiger partial charge in [-0.1, -0.05) is 42.5 Å². The SMILES string of the molecule is COCC(=O)N1C[C@@H]2C[C@]2(c2ccccc2)C(=O)c2ccccc21. The number of carbonyl (C=O) groups excluding carboxylic acids is 2. The van der Waals surface area contributed by atoms with E-state index in [2.05, 4.69) is 0 Å². The van der Waals surface area contributed by atoms with Crippen LogP contribution in [0.4, 0.5) is 5.69 Å². The Morgan fingerprint density at radius 1 is 1.17 bits per heavy atom. The van der Waals surface area contributed by atoms with Crippen LogP contribution in [-0.2, 0) is 14.9 Å². The van der Waals surface area contributed by atoms with Crippen molar-refractivity contribution in [1.29, 1.82) is 0 Å². The first-order valence-corrected chi connectivity index (χ1v) is 8.17. The van der Waals surface area contributed by atoms with Gasteiger partial charge in [0.15, 0.2) is 5.78 Å². The maximum Gasteiger partial charge on any atom is 0.252 e. The maximum atomic E-state index is 13.4. The number of ether oxygens (including phenoxy) is 1. The van der Waals surface area contributed by atoms with Gasteiger partial charge in [-0.3, -0.25) is 9.59 Å². The van der Waals surface area contributed by atoms with Crippen molar-refractivity contribution in [2.75, 3.05) is 25.2 Å². The minimum atomic E-state index is -0.487. The van der Waals surface area contributed by atoms with Gasteiger partial charge in [0.1, 0.15) is 6.61 Å². The highest BCUT2D eigenvalue weighted by atomic mass is 16.5. The van der Waals surface area contributed by atoms with Crippen LogP contribution in [0.25, 0.3) is 0 Å². The van der Waals surface area contributed by atoms with Crippen LogP contribution in [0.3, 0.4) is 0 Å². The van der Waals surface area contributed by atoms with Gasteiger partial charge < -0.3 is 9.64 Å². The number of ketones is 1. The van der Waals surface area contributed by atoms with Crippen LogP contribution in [0, 0.1) is 5.92 Å². The maximum absolute atomic E-state index is 13.4. The zero-order chi connectivity index (χ0) is 16.7. The Bertz CT molecular complexity index is 802. The summed E-state index contributed by atoms with van der Waals surface area (Å²) in [6, 6.07) is 17.3. The van der Waals surface area contributed by atoms with Gasteiger partial charge in [0.25, 0.3) is 5.91 Å². The molecule has 0 radical (unpaired) electrons. The Hall–Kier alpha value is -2.46. The number of hydrogen-bond acceptors (Lipinski definition) is 3. The molecule has 2 aromatic carbocycles. The number of amides is 1. The van der Waals surface area contributed by atoms with Gasteiger partial charge in [-0.25, -0.2) is 0 Å². The number of rotatable bonds is 3. The zero-order valence-electron chi connectivity index (χ0n) is 13.6. The molecule has 1 heterocycles. The largest absolute Gasteiger partial charge is 0.375 e. The van der Waals surface area contributed by atoms with E-state index in [-0.39, 0.29) is 24.2 Å². The summed E-state index contributed by atoms with van der Waals surface area (Å²) in [7, 11) is 1.51. The Morgan fingerprint density at radius 2 is 1.88 bits per heavy atom. The summed E-state index contributed by atoms with van der Waals surface area (Å²) < 4.78 is 5.02. The zero-order valence-corrected chi connectivity index (χ0v) is 13.6. The van der Waals surface area contributed by atoms with E-state index < -0.39 is 5.41 Å². The average molecular weight is 321 g/mol. The van der Waals surface area contributed by atoms with Crippen molar-refractivity contribution in [2.24, 2.45) is 5.92 Å². The summed E-state index contributed by atoms with van der Waals surface area (Å²) in [6.45, 7) is 0.577. The van der Waals surface area contributed by atoms with Crippen LogP contribution in [-0.4, -0.2) is 32.0 Å². The molecule has 0 bridgehead atoms. The first-order chi connectivity index (χ1) is 11.7. The van der Waals surface area contributed by atoms with E-state index in [1.807, 2.05) is 54.6 Å². The summed E-state index contributed by atoms with van der Waals surface area (Å²) in [5.74, 6) is 0.177. The fourth-order valence-corrected chi connectivity index (χ4v) is 3.95. The first-order valence-electron chi connectivity index (χ1n) is 8.17. The number of fused-ring (bicyclic) bond motifs is 2. The molecule has 4 heteroatoms. The van der Waals surface area contributed by atoms with Crippen LogP contribution in [0.15, 0.2) is 54.6 Å². The molecule has 4 rings (SSSR count). The van der Waals surface area contributed by atoms with E-state index in [9.17, 15) is 9.59 Å². The summed E-state index contributed by atoms with van der Waals surface area (Å²) in [5, 5.41) is 0. The molecule has 4 nitrogen and oxygen atoms in total. The number of methoxy groups -OCH3 is 1. The summed E-state index contributed by atoms with van der Waals surface area (Å²) in [4.78, 5) is 27.6. The molecular formula is C20H19NO3. The van der Waals surface area contributed by atoms with E-state index in [0.717, 1.165) is 12.0 Å². The third-order valence-corrected chi connectivity index (χ3v) is 5.21. The number of anilines is 1. The molecule has 0 N–H and O–H groups in total. The lowest BCUT2D eigenvalue weighted by Gasteiger charge is -2.23. The number of nitrogens with zero attached hydrogens (tertiary/aromatic N) is 1. The number of para-hydroxylation sites is 1. The van der Waals surface area contributed by atoms with Crippen molar-refractivity contribution in [2.45, 2.75) is 11.8 Å². The number of hydrogen-bond donors (Lipinski definition) is 0. The van der Waals surface area contributed by atoms with E-state index in [0.29, 0.717) is 17.8 Å². The van der Waals surface area contributed by atoms with E-state index >= 15 is 0 Å². The molecule has 24 heavy (non-hydrogen) atoms. The number of benzene rings is 2. The molecule has 1 aliphatic carbocycles. The molecule has 2 atom stereocenters. The highest BCUT2D eigenvalue weighted by Gasteiger charge is 2.63. The molecule has 1 amide bonds. The third-order valence-electron chi connectivity index (χ3n) is 5.21. The van der Waals surface area contributed by atoms with Crippen LogP contribution >= 0.6 is 0 Å². The van der Waals surface area contributed by atoms with Crippen molar-refractivity contribution in [3.8, 4) is 0 Å². The molecule has 1 aliphatic heterocycles. The minimum absolute atomic E-state index is 0.0214. The van der Waals surface area contributed by atoms with Crippen molar-refractivity contribution in [3.05, 3.63) is 65.7 Å².